The first-order valence-corrected chi connectivity index (χ1v) is 6.84. The van der Waals surface area contributed by atoms with Crippen LogP contribution in [-0.2, 0) is 9.05 Å². The van der Waals surface area contributed by atoms with Crippen LogP contribution in [0.2, 0.25) is 0 Å². The topological polar surface area (TPSA) is 46.5 Å². The molecule has 0 aliphatic rings. The highest BCUT2D eigenvalue weighted by Crippen LogP contribution is 2.30. The highest BCUT2D eigenvalue weighted by atomic mass is 35.7. The monoisotopic (exact) mass is 245 g/mol. The molecule has 0 saturated carbocycles. The van der Waals surface area contributed by atoms with Gasteiger partial charge in [-0.3, -0.25) is 4.99 Å². The lowest BCUT2D eigenvalue weighted by atomic mass is 10.2. The number of hydrogen-bond donors (Lipinski definition) is 0. The van der Waals surface area contributed by atoms with Gasteiger partial charge in [0.2, 0.25) is 0 Å². The van der Waals surface area contributed by atoms with Crippen molar-refractivity contribution in [1.29, 1.82) is 0 Å². The molecule has 1 rings (SSSR count). The molecular formula is C10H12ClNO2S. The Hall–Kier alpha value is -0.870. The molecule has 0 unspecified atom stereocenters. The minimum atomic E-state index is -3.73. The van der Waals surface area contributed by atoms with Crippen LogP contribution in [0.1, 0.15) is 18.9 Å². The van der Waals surface area contributed by atoms with Gasteiger partial charge in [0.25, 0.3) is 9.05 Å². The maximum atomic E-state index is 11.3. The van der Waals surface area contributed by atoms with E-state index in [0.29, 0.717) is 5.69 Å². The number of hydrogen-bond acceptors (Lipinski definition) is 3. The van der Waals surface area contributed by atoms with E-state index >= 15 is 0 Å². The molecule has 1 aromatic carbocycles. The third-order valence-electron chi connectivity index (χ3n) is 1.87. The summed E-state index contributed by atoms with van der Waals surface area (Å²) in [5, 5.41) is 0. The zero-order chi connectivity index (χ0) is 11.5. The van der Waals surface area contributed by atoms with Gasteiger partial charge < -0.3 is 0 Å². The van der Waals surface area contributed by atoms with Crippen LogP contribution in [0, 0.1) is 6.92 Å². The highest BCUT2D eigenvalue weighted by Gasteiger charge is 2.15. The van der Waals surface area contributed by atoms with Gasteiger partial charge in [0, 0.05) is 16.9 Å². The lowest BCUT2D eigenvalue weighted by Gasteiger charge is -2.04. The third kappa shape index (κ3) is 3.04. The average molecular weight is 246 g/mol. The Morgan fingerprint density at radius 3 is 2.67 bits per heavy atom. The van der Waals surface area contributed by atoms with Crippen LogP contribution in [-0.4, -0.2) is 14.6 Å². The number of benzene rings is 1. The largest absolute Gasteiger partial charge is 0.263 e. The number of halogens is 1. The summed E-state index contributed by atoms with van der Waals surface area (Å²) in [5.41, 5.74) is 1.22. The van der Waals surface area contributed by atoms with Gasteiger partial charge in [-0.15, -0.1) is 0 Å². The molecule has 0 amide bonds. The minimum absolute atomic E-state index is 0.0638. The second-order valence-corrected chi connectivity index (χ2v) is 5.61. The molecular weight excluding hydrogens is 234 g/mol. The number of para-hydroxylation sites is 1. The van der Waals surface area contributed by atoms with Gasteiger partial charge >= 0.3 is 0 Å². The van der Waals surface area contributed by atoms with E-state index in [1.165, 1.54) is 6.07 Å². The van der Waals surface area contributed by atoms with Gasteiger partial charge in [-0.1, -0.05) is 19.1 Å². The molecule has 0 bridgehead atoms. The molecule has 0 spiro atoms. The molecule has 0 aromatic heterocycles. The first-order chi connectivity index (χ1) is 6.96. The number of rotatable bonds is 3. The summed E-state index contributed by atoms with van der Waals surface area (Å²) in [6.07, 6.45) is 2.41. The molecule has 1 aromatic rings. The Labute approximate surface area is 94.2 Å². The smallest absolute Gasteiger partial charge is 0.260 e. The first-order valence-electron chi connectivity index (χ1n) is 4.53. The van der Waals surface area contributed by atoms with E-state index in [2.05, 4.69) is 4.99 Å². The molecule has 0 saturated heterocycles. The van der Waals surface area contributed by atoms with Crippen molar-refractivity contribution < 1.29 is 8.42 Å². The fourth-order valence-corrected chi connectivity index (χ4v) is 2.24. The summed E-state index contributed by atoms with van der Waals surface area (Å²) in [6.45, 7) is 3.73. The van der Waals surface area contributed by atoms with E-state index in [0.717, 1.165) is 12.0 Å². The van der Waals surface area contributed by atoms with Gasteiger partial charge in [-0.25, -0.2) is 8.42 Å². The van der Waals surface area contributed by atoms with Crippen molar-refractivity contribution in [3.63, 3.8) is 0 Å². The molecule has 3 nitrogen and oxygen atoms in total. The van der Waals surface area contributed by atoms with Crippen molar-refractivity contribution in [3.05, 3.63) is 23.8 Å². The summed E-state index contributed by atoms with van der Waals surface area (Å²) in [4.78, 5) is 4.17. The van der Waals surface area contributed by atoms with Crippen LogP contribution < -0.4 is 0 Å². The number of aliphatic imine (C=N–C) groups is 1. The molecule has 0 aliphatic carbocycles. The second-order valence-electron chi connectivity index (χ2n) is 3.08. The SMILES string of the molecule is CCC=Nc1c(C)cccc1S(=O)(=O)Cl. The lowest BCUT2D eigenvalue weighted by molar-refractivity contribution is 0.609. The van der Waals surface area contributed by atoms with Crippen LogP contribution in [0.4, 0.5) is 5.69 Å². The normalized spacial score (nSPS) is 12.2. The molecule has 0 heterocycles. The Morgan fingerprint density at radius 1 is 1.47 bits per heavy atom. The van der Waals surface area contributed by atoms with E-state index in [1.54, 1.807) is 25.3 Å². The zero-order valence-electron chi connectivity index (χ0n) is 8.57. The lowest BCUT2D eigenvalue weighted by Crippen LogP contribution is -1.92. The van der Waals surface area contributed by atoms with Gasteiger partial charge in [0.05, 0.1) is 5.69 Å². The minimum Gasteiger partial charge on any atom is -0.260 e. The van der Waals surface area contributed by atoms with Crippen LogP contribution >= 0.6 is 10.7 Å². The Kier molecular flexibility index (Phi) is 3.88. The van der Waals surface area contributed by atoms with E-state index in [1.807, 2.05) is 6.92 Å². The van der Waals surface area contributed by atoms with Crippen molar-refractivity contribution in [2.24, 2.45) is 4.99 Å². The van der Waals surface area contributed by atoms with E-state index in [4.69, 9.17) is 10.7 Å². The van der Waals surface area contributed by atoms with Crippen molar-refractivity contribution in [2.75, 3.05) is 0 Å². The van der Waals surface area contributed by atoms with Crippen LogP contribution in [0.15, 0.2) is 28.1 Å². The quantitative estimate of drug-likeness (QED) is 0.607. The van der Waals surface area contributed by atoms with E-state index in [-0.39, 0.29) is 4.90 Å². The summed E-state index contributed by atoms with van der Waals surface area (Å²) in [6, 6.07) is 4.90. The summed E-state index contributed by atoms with van der Waals surface area (Å²) < 4.78 is 22.5. The molecule has 0 aliphatic heterocycles. The molecule has 0 N–H and O–H groups in total. The summed E-state index contributed by atoms with van der Waals surface area (Å²) in [5.74, 6) is 0. The third-order valence-corrected chi connectivity index (χ3v) is 3.22. The van der Waals surface area contributed by atoms with Gasteiger partial charge in [-0.05, 0) is 25.0 Å². The van der Waals surface area contributed by atoms with E-state index in [9.17, 15) is 8.42 Å². The van der Waals surface area contributed by atoms with Crippen molar-refractivity contribution in [3.8, 4) is 0 Å². The molecule has 0 radical (unpaired) electrons. The van der Waals surface area contributed by atoms with Crippen molar-refractivity contribution in [2.45, 2.75) is 25.2 Å². The molecule has 15 heavy (non-hydrogen) atoms. The number of nitrogens with zero attached hydrogens (tertiary/aromatic N) is 1. The fourth-order valence-electron chi connectivity index (χ4n) is 1.18. The van der Waals surface area contributed by atoms with Gasteiger partial charge in [0.1, 0.15) is 4.90 Å². The zero-order valence-corrected chi connectivity index (χ0v) is 10.1. The number of aryl methyl sites for hydroxylation is 1. The maximum absolute atomic E-state index is 11.3. The summed E-state index contributed by atoms with van der Waals surface area (Å²) in [7, 11) is 1.59. The summed E-state index contributed by atoms with van der Waals surface area (Å²) >= 11 is 0. The van der Waals surface area contributed by atoms with Gasteiger partial charge in [0.15, 0.2) is 0 Å². The van der Waals surface area contributed by atoms with Crippen LogP contribution in [0.3, 0.4) is 0 Å². The first kappa shape index (κ1) is 12.2. The molecule has 5 heteroatoms. The Bertz CT molecular complexity index is 480. The maximum Gasteiger partial charge on any atom is 0.263 e. The van der Waals surface area contributed by atoms with E-state index < -0.39 is 9.05 Å². The fraction of sp³-hybridized carbons (Fsp3) is 0.300. The highest BCUT2D eigenvalue weighted by molar-refractivity contribution is 8.13. The average Bonchev–Trinajstić information content (AvgIpc) is 2.14. The van der Waals surface area contributed by atoms with Gasteiger partial charge in [-0.2, -0.15) is 0 Å². The van der Waals surface area contributed by atoms with Crippen molar-refractivity contribution >= 4 is 31.6 Å². The predicted molar refractivity (Wildman–Crippen MR) is 62.7 cm³/mol. The van der Waals surface area contributed by atoms with Crippen LogP contribution in [0.5, 0.6) is 0 Å². The Balaban J connectivity index is 3.40. The molecule has 0 atom stereocenters. The molecule has 82 valence electrons. The molecule has 0 fully saturated rings. The van der Waals surface area contributed by atoms with Crippen molar-refractivity contribution in [1.82, 2.24) is 0 Å². The standard InChI is InChI=1S/C10H12ClNO2S/c1-3-7-12-10-8(2)5-4-6-9(10)15(11,13)14/h4-7H,3H2,1-2H3. The second kappa shape index (κ2) is 4.77. The Morgan fingerprint density at radius 2 is 2.13 bits per heavy atom. The predicted octanol–water partition coefficient (Wildman–Crippen LogP) is 3.03. The van der Waals surface area contributed by atoms with Crippen LogP contribution in [0.25, 0.3) is 0 Å².